The first-order chi connectivity index (χ1) is 8.46. The summed E-state index contributed by atoms with van der Waals surface area (Å²) in [5.74, 6) is 0.836. The molecular formula is C12H15NO4S. The molecule has 0 aliphatic carbocycles. The van der Waals surface area contributed by atoms with Crippen LogP contribution >= 0.6 is 0 Å². The Kier molecular flexibility index (Phi) is 4.98. The fraction of sp³-hybridized carbons (Fsp3) is 0.417. The van der Waals surface area contributed by atoms with Gasteiger partial charge < -0.3 is 9.47 Å². The summed E-state index contributed by atoms with van der Waals surface area (Å²) in [6.45, 7) is 2.32. The van der Waals surface area contributed by atoms with E-state index in [-0.39, 0.29) is 12.4 Å². The quantitative estimate of drug-likeness (QED) is 0.779. The van der Waals surface area contributed by atoms with Gasteiger partial charge in [0, 0.05) is 12.3 Å². The SMILES string of the molecule is CCOc1cc(C#N)ccc1OCCS(C)(=O)=O. The van der Waals surface area contributed by atoms with Crippen molar-refractivity contribution in [1.82, 2.24) is 0 Å². The first-order valence-corrected chi connectivity index (χ1v) is 7.50. The van der Waals surface area contributed by atoms with Crippen molar-refractivity contribution in [1.29, 1.82) is 5.26 Å². The van der Waals surface area contributed by atoms with Crippen LogP contribution in [0.15, 0.2) is 18.2 Å². The summed E-state index contributed by atoms with van der Waals surface area (Å²) in [6.07, 6.45) is 1.15. The largest absolute Gasteiger partial charge is 0.490 e. The third-order valence-electron chi connectivity index (χ3n) is 2.08. The molecule has 5 nitrogen and oxygen atoms in total. The van der Waals surface area contributed by atoms with Gasteiger partial charge in [0.15, 0.2) is 21.3 Å². The molecule has 0 atom stereocenters. The minimum Gasteiger partial charge on any atom is -0.490 e. The van der Waals surface area contributed by atoms with Crippen molar-refractivity contribution < 1.29 is 17.9 Å². The standard InChI is InChI=1S/C12H15NO4S/c1-3-16-12-8-10(9-13)4-5-11(12)17-6-7-18(2,14)15/h4-5,8H,3,6-7H2,1-2H3. The fourth-order valence-corrected chi connectivity index (χ4v) is 1.65. The lowest BCUT2D eigenvalue weighted by Crippen LogP contribution is -2.12. The molecule has 0 fully saturated rings. The summed E-state index contributed by atoms with van der Waals surface area (Å²) >= 11 is 0. The van der Waals surface area contributed by atoms with E-state index in [1.807, 2.05) is 13.0 Å². The molecule has 1 aromatic carbocycles. The molecule has 0 aliphatic rings. The van der Waals surface area contributed by atoms with Crippen molar-refractivity contribution in [3.63, 3.8) is 0 Å². The molecule has 0 spiro atoms. The third-order valence-corrected chi connectivity index (χ3v) is 2.99. The molecule has 0 bridgehead atoms. The van der Waals surface area contributed by atoms with E-state index in [0.717, 1.165) is 6.26 Å². The second-order valence-corrected chi connectivity index (χ2v) is 5.94. The Hall–Kier alpha value is -1.74. The zero-order valence-electron chi connectivity index (χ0n) is 10.3. The van der Waals surface area contributed by atoms with Crippen molar-refractivity contribution in [2.45, 2.75) is 6.92 Å². The Bertz CT molecular complexity index is 546. The Labute approximate surface area is 107 Å². The second kappa shape index (κ2) is 6.26. The van der Waals surface area contributed by atoms with Crippen LogP contribution in [0.4, 0.5) is 0 Å². The number of benzene rings is 1. The van der Waals surface area contributed by atoms with E-state index in [1.165, 1.54) is 0 Å². The summed E-state index contributed by atoms with van der Waals surface area (Å²) in [5, 5.41) is 8.78. The number of nitriles is 1. The van der Waals surface area contributed by atoms with Crippen LogP contribution < -0.4 is 9.47 Å². The van der Waals surface area contributed by atoms with E-state index >= 15 is 0 Å². The zero-order chi connectivity index (χ0) is 13.6. The van der Waals surface area contributed by atoms with Gasteiger partial charge in [0.25, 0.3) is 0 Å². The van der Waals surface area contributed by atoms with Crippen LogP contribution in [0.5, 0.6) is 11.5 Å². The number of ether oxygens (including phenoxy) is 2. The number of hydrogen-bond acceptors (Lipinski definition) is 5. The maximum atomic E-state index is 11.0. The molecule has 6 heteroatoms. The second-order valence-electron chi connectivity index (χ2n) is 3.68. The van der Waals surface area contributed by atoms with E-state index < -0.39 is 9.84 Å². The van der Waals surface area contributed by atoms with Crippen molar-refractivity contribution >= 4 is 9.84 Å². The normalized spacial score (nSPS) is 10.7. The number of hydrogen-bond donors (Lipinski definition) is 0. The predicted octanol–water partition coefficient (Wildman–Crippen LogP) is 1.38. The van der Waals surface area contributed by atoms with E-state index in [1.54, 1.807) is 18.2 Å². The lowest BCUT2D eigenvalue weighted by molar-refractivity contribution is 0.288. The minimum atomic E-state index is -3.05. The summed E-state index contributed by atoms with van der Waals surface area (Å²) in [6, 6.07) is 6.77. The fourth-order valence-electron chi connectivity index (χ4n) is 1.27. The van der Waals surface area contributed by atoms with Gasteiger partial charge in [-0.25, -0.2) is 8.42 Å². The van der Waals surface area contributed by atoms with Gasteiger partial charge in [0.05, 0.1) is 24.0 Å². The lowest BCUT2D eigenvalue weighted by Gasteiger charge is -2.11. The van der Waals surface area contributed by atoms with E-state index in [4.69, 9.17) is 14.7 Å². The van der Waals surface area contributed by atoms with Crippen molar-refractivity contribution in [3.8, 4) is 17.6 Å². The average molecular weight is 269 g/mol. The zero-order valence-corrected chi connectivity index (χ0v) is 11.2. The van der Waals surface area contributed by atoms with Gasteiger partial charge in [0.2, 0.25) is 0 Å². The number of sulfone groups is 1. The first-order valence-electron chi connectivity index (χ1n) is 5.43. The molecule has 0 aliphatic heterocycles. The van der Waals surface area contributed by atoms with Crippen molar-refractivity contribution in [2.75, 3.05) is 25.2 Å². The van der Waals surface area contributed by atoms with Crippen LogP contribution in [0.25, 0.3) is 0 Å². The molecule has 0 amide bonds. The summed E-state index contributed by atoms with van der Waals surface area (Å²) in [7, 11) is -3.05. The number of nitrogens with zero attached hydrogens (tertiary/aromatic N) is 1. The molecule has 1 aromatic rings. The van der Waals surface area contributed by atoms with Crippen LogP contribution in [-0.4, -0.2) is 33.6 Å². The van der Waals surface area contributed by atoms with Crippen LogP contribution in [0.1, 0.15) is 12.5 Å². The Balaban J connectivity index is 2.78. The third kappa shape index (κ3) is 4.63. The van der Waals surface area contributed by atoms with Crippen molar-refractivity contribution in [2.24, 2.45) is 0 Å². The molecule has 0 heterocycles. The maximum Gasteiger partial charge on any atom is 0.162 e. The monoisotopic (exact) mass is 269 g/mol. The first kappa shape index (κ1) is 14.3. The molecule has 0 saturated carbocycles. The average Bonchev–Trinajstić information content (AvgIpc) is 2.29. The van der Waals surface area contributed by atoms with Crippen molar-refractivity contribution in [3.05, 3.63) is 23.8 Å². The molecule has 0 unspecified atom stereocenters. The molecule has 0 radical (unpaired) electrons. The summed E-state index contributed by atoms with van der Waals surface area (Å²) in [5.41, 5.74) is 0.467. The minimum absolute atomic E-state index is 0.0570. The highest BCUT2D eigenvalue weighted by Crippen LogP contribution is 2.28. The molecule has 1 rings (SSSR count). The summed E-state index contributed by atoms with van der Waals surface area (Å²) < 4.78 is 32.6. The molecule has 0 saturated heterocycles. The Morgan fingerprint density at radius 1 is 1.28 bits per heavy atom. The highest BCUT2D eigenvalue weighted by Gasteiger charge is 2.08. The van der Waals surface area contributed by atoms with Gasteiger partial charge in [-0.05, 0) is 19.1 Å². The Morgan fingerprint density at radius 2 is 2.00 bits per heavy atom. The lowest BCUT2D eigenvalue weighted by atomic mass is 10.2. The van der Waals surface area contributed by atoms with Crippen LogP contribution in [0.2, 0.25) is 0 Å². The van der Waals surface area contributed by atoms with Gasteiger partial charge in [-0.3, -0.25) is 0 Å². The molecule has 0 aromatic heterocycles. The van der Waals surface area contributed by atoms with Crippen LogP contribution in [0.3, 0.4) is 0 Å². The van der Waals surface area contributed by atoms with E-state index in [9.17, 15) is 8.42 Å². The van der Waals surface area contributed by atoms with Crippen LogP contribution in [-0.2, 0) is 9.84 Å². The topological polar surface area (TPSA) is 76.4 Å². The number of rotatable bonds is 6. The van der Waals surface area contributed by atoms with Gasteiger partial charge in [-0.2, -0.15) is 5.26 Å². The predicted molar refractivity (Wildman–Crippen MR) is 67.5 cm³/mol. The van der Waals surface area contributed by atoms with Gasteiger partial charge >= 0.3 is 0 Å². The Morgan fingerprint density at radius 3 is 2.56 bits per heavy atom. The smallest absolute Gasteiger partial charge is 0.162 e. The highest BCUT2D eigenvalue weighted by molar-refractivity contribution is 7.90. The molecular weight excluding hydrogens is 254 g/mol. The maximum absolute atomic E-state index is 11.0. The van der Waals surface area contributed by atoms with Gasteiger partial charge in [-0.15, -0.1) is 0 Å². The van der Waals surface area contributed by atoms with E-state index in [0.29, 0.717) is 23.7 Å². The highest BCUT2D eigenvalue weighted by atomic mass is 32.2. The van der Waals surface area contributed by atoms with Gasteiger partial charge in [-0.1, -0.05) is 0 Å². The summed E-state index contributed by atoms with van der Waals surface area (Å²) in [4.78, 5) is 0. The van der Waals surface area contributed by atoms with Gasteiger partial charge in [0.1, 0.15) is 6.61 Å². The molecule has 98 valence electrons. The molecule has 0 N–H and O–H groups in total. The molecule has 18 heavy (non-hydrogen) atoms. The van der Waals surface area contributed by atoms with E-state index in [2.05, 4.69) is 0 Å². The van der Waals surface area contributed by atoms with Crippen LogP contribution in [0, 0.1) is 11.3 Å².